The van der Waals surface area contributed by atoms with Crippen molar-refractivity contribution in [2.45, 2.75) is 24.7 Å². The lowest BCUT2D eigenvalue weighted by molar-refractivity contribution is 0.684. The molecule has 66 valence electrons. The maximum atomic E-state index is 11.3. The largest absolute Gasteiger partial charge is 0.255 e. The Morgan fingerprint density at radius 1 is 1.25 bits per heavy atom. The summed E-state index contributed by atoms with van der Waals surface area (Å²) >= 11 is 0. The van der Waals surface area contributed by atoms with Gasteiger partial charge in [0.2, 0.25) is 0 Å². The van der Waals surface area contributed by atoms with Gasteiger partial charge in [0.05, 0.1) is 10.8 Å². The SMILES string of the molecule is CC(C)c1ccccc1S(C)=O. The highest BCUT2D eigenvalue weighted by Gasteiger charge is 2.07. The first-order valence-electron chi connectivity index (χ1n) is 4.05. The van der Waals surface area contributed by atoms with E-state index in [2.05, 4.69) is 13.8 Å². The fraction of sp³-hybridized carbons (Fsp3) is 0.400. The quantitative estimate of drug-likeness (QED) is 0.687. The van der Waals surface area contributed by atoms with E-state index in [1.807, 2.05) is 24.3 Å². The minimum atomic E-state index is -0.861. The molecule has 0 spiro atoms. The number of hydrogen-bond donors (Lipinski definition) is 0. The van der Waals surface area contributed by atoms with E-state index in [-0.39, 0.29) is 0 Å². The summed E-state index contributed by atoms with van der Waals surface area (Å²) in [5, 5.41) is 0. The highest BCUT2D eigenvalue weighted by Crippen LogP contribution is 2.21. The van der Waals surface area contributed by atoms with Crippen molar-refractivity contribution in [3.63, 3.8) is 0 Å². The molecule has 0 saturated carbocycles. The van der Waals surface area contributed by atoms with Crippen LogP contribution in [0.5, 0.6) is 0 Å². The second kappa shape index (κ2) is 3.85. The third kappa shape index (κ3) is 1.95. The smallest absolute Gasteiger partial charge is 0.0501 e. The zero-order valence-corrected chi connectivity index (χ0v) is 8.52. The number of rotatable bonds is 2. The summed E-state index contributed by atoms with van der Waals surface area (Å²) in [5.41, 5.74) is 1.19. The van der Waals surface area contributed by atoms with Gasteiger partial charge in [0.1, 0.15) is 0 Å². The van der Waals surface area contributed by atoms with E-state index >= 15 is 0 Å². The van der Waals surface area contributed by atoms with Crippen LogP contribution in [0.3, 0.4) is 0 Å². The first kappa shape index (κ1) is 9.46. The zero-order valence-electron chi connectivity index (χ0n) is 7.70. The van der Waals surface area contributed by atoms with Gasteiger partial charge in [-0.25, -0.2) is 0 Å². The summed E-state index contributed by atoms with van der Waals surface area (Å²) in [5.74, 6) is 0.449. The molecule has 0 aliphatic heterocycles. The summed E-state index contributed by atoms with van der Waals surface area (Å²) in [7, 11) is -0.861. The number of hydrogen-bond acceptors (Lipinski definition) is 1. The number of benzene rings is 1. The first-order valence-corrected chi connectivity index (χ1v) is 5.61. The van der Waals surface area contributed by atoms with E-state index in [0.717, 1.165) is 4.90 Å². The minimum absolute atomic E-state index is 0.449. The second-order valence-corrected chi connectivity index (χ2v) is 4.49. The van der Waals surface area contributed by atoms with Gasteiger partial charge in [-0.3, -0.25) is 4.21 Å². The van der Waals surface area contributed by atoms with Gasteiger partial charge in [-0.15, -0.1) is 0 Å². The van der Waals surface area contributed by atoms with E-state index in [0.29, 0.717) is 5.92 Å². The van der Waals surface area contributed by atoms with Crippen molar-refractivity contribution in [1.82, 2.24) is 0 Å². The van der Waals surface area contributed by atoms with Gasteiger partial charge in [0, 0.05) is 11.2 Å². The summed E-state index contributed by atoms with van der Waals surface area (Å²) in [6.45, 7) is 4.23. The predicted molar refractivity (Wildman–Crippen MR) is 52.9 cm³/mol. The van der Waals surface area contributed by atoms with Gasteiger partial charge >= 0.3 is 0 Å². The topological polar surface area (TPSA) is 17.1 Å². The van der Waals surface area contributed by atoms with Gasteiger partial charge in [-0.1, -0.05) is 32.0 Å². The minimum Gasteiger partial charge on any atom is -0.255 e. The van der Waals surface area contributed by atoms with Crippen LogP contribution in [0.2, 0.25) is 0 Å². The molecule has 0 fully saturated rings. The van der Waals surface area contributed by atoms with Gasteiger partial charge in [-0.05, 0) is 17.5 Å². The Morgan fingerprint density at radius 2 is 1.83 bits per heavy atom. The molecule has 0 aliphatic carbocycles. The highest BCUT2D eigenvalue weighted by molar-refractivity contribution is 7.84. The molecule has 0 aliphatic rings. The summed E-state index contributed by atoms with van der Waals surface area (Å²) in [4.78, 5) is 0.965. The molecule has 1 rings (SSSR count). The molecule has 1 unspecified atom stereocenters. The van der Waals surface area contributed by atoms with Crippen LogP contribution in [-0.2, 0) is 10.8 Å². The molecule has 2 heteroatoms. The van der Waals surface area contributed by atoms with Gasteiger partial charge < -0.3 is 0 Å². The van der Waals surface area contributed by atoms with Crippen LogP contribution in [0, 0.1) is 0 Å². The van der Waals surface area contributed by atoms with E-state index in [9.17, 15) is 4.21 Å². The molecular weight excluding hydrogens is 168 g/mol. The molecule has 1 atom stereocenters. The van der Waals surface area contributed by atoms with Crippen LogP contribution in [0.25, 0.3) is 0 Å². The predicted octanol–water partition coefficient (Wildman–Crippen LogP) is 2.55. The fourth-order valence-electron chi connectivity index (χ4n) is 1.22. The van der Waals surface area contributed by atoms with Crippen molar-refractivity contribution in [1.29, 1.82) is 0 Å². The van der Waals surface area contributed by atoms with Crippen molar-refractivity contribution in [3.8, 4) is 0 Å². The van der Waals surface area contributed by atoms with Crippen LogP contribution in [0.4, 0.5) is 0 Å². The Morgan fingerprint density at radius 3 is 2.25 bits per heavy atom. The van der Waals surface area contributed by atoms with Gasteiger partial charge in [0.25, 0.3) is 0 Å². The fourth-order valence-corrected chi connectivity index (χ4v) is 2.13. The normalized spacial score (nSPS) is 13.3. The summed E-state index contributed by atoms with van der Waals surface area (Å²) in [6, 6.07) is 7.90. The lowest BCUT2D eigenvalue weighted by Gasteiger charge is -2.09. The van der Waals surface area contributed by atoms with Crippen LogP contribution < -0.4 is 0 Å². The average Bonchev–Trinajstić information content (AvgIpc) is 2.04. The molecule has 0 heterocycles. The Bertz CT molecular complexity index is 292. The van der Waals surface area contributed by atoms with Crippen LogP contribution in [0.15, 0.2) is 29.2 Å². The van der Waals surface area contributed by atoms with Crippen molar-refractivity contribution in [2.24, 2.45) is 0 Å². The van der Waals surface area contributed by atoms with Crippen molar-refractivity contribution in [3.05, 3.63) is 29.8 Å². The molecule has 1 nitrogen and oxygen atoms in total. The molecule has 0 radical (unpaired) electrons. The third-order valence-corrected chi connectivity index (χ3v) is 2.84. The molecule has 0 saturated heterocycles. The van der Waals surface area contributed by atoms with Crippen molar-refractivity contribution in [2.75, 3.05) is 6.26 Å². The van der Waals surface area contributed by atoms with Crippen LogP contribution >= 0.6 is 0 Å². The highest BCUT2D eigenvalue weighted by atomic mass is 32.2. The van der Waals surface area contributed by atoms with Gasteiger partial charge in [-0.2, -0.15) is 0 Å². The third-order valence-electron chi connectivity index (χ3n) is 1.85. The lowest BCUT2D eigenvalue weighted by Crippen LogP contribution is -1.96. The second-order valence-electron chi connectivity index (χ2n) is 3.15. The van der Waals surface area contributed by atoms with Crippen LogP contribution in [-0.4, -0.2) is 10.5 Å². The zero-order chi connectivity index (χ0) is 9.14. The summed E-state index contributed by atoms with van der Waals surface area (Å²) in [6.07, 6.45) is 1.72. The monoisotopic (exact) mass is 182 g/mol. The molecular formula is C10H14OS. The molecule has 0 amide bonds. The lowest BCUT2D eigenvalue weighted by atomic mass is 10.0. The van der Waals surface area contributed by atoms with Crippen molar-refractivity contribution < 1.29 is 4.21 Å². The van der Waals surface area contributed by atoms with Crippen molar-refractivity contribution >= 4 is 10.8 Å². The molecule has 0 aromatic heterocycles. The Balaban J connectivity index is 3.17. The maximum absolute atomic E-state index is 11.3. The Hall–Kier alpha value is -0.630. The Labute approximate surface area is 76.3 Å². The molecule has 1 aromatic carbocycles. The Kier molecular flexibility index (Phi) is 3.04. The molecule has 12 heavy (non-hydrogen) atoms. The van der Waals surface area contributed by atoms with E-state index in [1.54, 1.807) is 6.26 Å². The molecule has 0 bridgehead atoms. The molecule has 1 aromatic rings. The van der Waals surface area contributed by atoms with E-state index in [4.69, 9.17) is 0 Å². The summed E-state index contributed by atoms with van der Waals surface area (Å²) < 4.78 is 11.3. The van der Waals surface area contributed by atoms with Crippen LogP contribution in [0.1, 0.15) is 25.3 Å². The maximum Gasteiger partial charge on any atom is 0.0501 e. The average molecular weight is 182 g/mol. The standard InChI is InChI=1S/C10H14OS/c1-8(2)9-6-4-5-7-10(9)12(3)11/h4-8H,1-3H3. The molecule has 0 N–H and O–H groups in total. The van der Waals surface area contributed by atoms with E-state index < -0.39 is 10.8 Å². The van der Waals surface area contributed by atoms with Gasteiger partial charge in [0.15, 0.2) is 0 Å². The van der Waals surface area contributed by atoms with E-state index in [1.165, 1.54) is 5.56 Å². The first-order chi connectivity index (χ1) is 5.63.